The summed E-state index contributed by atoms with van der Waals surface area (Å²) in [7, 11) is 0. The number of carbonyl (C=O) groups excluding carboxylic acids is 1. The van der Waals surface area contributed by atoms with E-state index < -0.39 is 0 Å². The van der Waals surface area contributed by atoms with Crippen LogP contribution in [0.5, 0.6) is 0 Å². The summed E-state index contributed by atoms with van der Waals surface area (Å²) in [5.41, 5.74) is 1.81. The zero-order valence-corrected chi connectivity index (χ0v) is 12.1. The molecular weight excluding hydrogens is 254 g/mol. The highest BCUT2D eigenvalue weighted by atomic mass is 16.5. The minimum absolute atomic E-state index is 0.0158. The Kier molecular flexibility index (Phi) is 6.02. The molecule has 1 atom stereocenters. The summed E-state index contributed by atoms with van der Waals surface area (Å²) < 4.78 is 10.9. The molecule has 4 nitrogen and oxygen atoms in total. The van der Waals surface area contributed by atoms with Crippen LogP contribution in [0.2, 0.25) is 0 Å². The first-order valence-corrected chi connectivity index (χ1v) is 7.26. The van der Waals surface area contributed by atoms with E-state index in [1.165, 1.54) is 0 Å². The van der Waals surface area contributed by atoms with Crippen molar-refractivity contribution in [2.45, 2.75) is 19.8 Å². The minimum atomic E-state index is -0.0158. The van der Waals surface area contributed by atoms with E-state index in [-0.39, 0.29) is 5.91 Å². The molecule has 4 heteroatoms. The van der Waals surface area contributed by atoms with Crippen LogP contribution in [0.3, 0.4) is 0 Å². The first-order valence-electron chi connectivity index (χ1n) is 7.26. The molecule has 0 bridgehead atoms. The largest absolute Gasteiger partial charge is 0.381 e. The quantitative estimate of drug-likeness (QED) is 0.777. The Morgan fingerprint density at radius 3 is 3.15 bits per heavy atom. The highest BCUT2D eigenvalue weighted by Crippen LogP contribution is 2.12. The molecule has 1 aromatic carbocycles. The number of amides is 1. The molecule has 1 fully saturated rings. The maximum atomic E-state index is 11.9. The number of ether oxygens (including phenoxy) is 2. The lowest BCUT2D eigenvalue weighted by atomic mass is 10.1. The lowest BCUT2D eigenvalue weighted by Gasteiger charge is -2.09. The zero-order valence-electron chi connectivity index (χ0n) is 12.1. The summed E-state index contributed by atoms with van der Waals surface area (Å²) in [6, 6.07) is 7.61. The van der Waals surface area contributed by atoms with Gasteiger partial charge in [-0.2, -0.15) is 0 Å². The summed E-state index contributed by atoms with van der Waals surface area (Å²) in [5, 5.41) is 2.91. The van der Waals surface area contributed by atoms with Gasteiger partial charge in [-0.1, -0.05) is 17.7 Å². The van der Waals surface area contributed by atoms with Crippen LogP contribution in [0.15, 0.2) is 24.3 Å². The summed E-state index contributed by atoms with van der Waals surface area (Å²) in [5.74, 6) is 0.537. The lowest BCUT2D eigenvalue weighted by Crippen LogP contribution is -2.25. The number of rotatable bonds is 7. The van der Waals surface area contributed by atoms with E-state index in [0.717, 1.165) is 38.2 Å². The molecule has 1 aliphatic heterocycles. The normalized spacial score (nSPS) is 18.1. The maximum absolute atomic E-state index is 11.9. The monoisotopic (exact) mass is 277 g/mol. The Morgan fingerprint density at radius 1 is 1.50 bits per heavy atom. The van der Waals surface area contributed by atoms with Gasteiger partial charge in [-0.3, -0.25) is 4.79 Å². The lowest BCUT2D eigenvalue weighted by molar-refractivity contribution is 0.0853. The third-order valence-electron chi connectivity index (χ3n) is 3.41. The molecule has 0 aliphatic carbocycles. The number of carbonyl (C=O) groups is 1. The van der Waals surface area contributed by atoms with E-state index in [1.807, 2.05) is 31.2 Å². The van der Waals surface area contributed by atoms with Gasteiger partial charge in [0.2, 0.25) is 0 Å². The SMILES string of the molecule is Cc1cccc(C(=O)NCCCOC[C@@H]2CCOC2)c1. The zero-order chi connectivity index (χ0) is 14.2. The van der Waals surface area contributed by atoms with Crippen LogP contribution in [0.1, 0.15) is 28.8 Å². The van der Waals surface area contributed by atoms with Gasteiger partial charge < -0.3 is 14.8 Å². The fraction of sp³-hybridized carbons (Fsp3) is 0.562. The van der Waals surface area contributed by atoms with Gasteiger partial charge in [0.25, 0.3) is 5.91 Å². The van der Waals surface area contributed by atoms with Gasteiger partial charge in [-0.05, 0) is 31.9 Å². The predicted octanol–water partition coefficient (Wildman–Crippen LogP) is 2.17. The van der Waals surface area contributed by atoms with Crippen LogP contribution in [-0.2, 0) is 9.47 Å². The third kappa shape index (κ3) is 4.94. The van der Waals surface area contributed by atoms with Crippen LogP contribution in [0.25, 0.3) is 0 Å². The van der Waals surface area contributed by atoms with Crippen molar-refractivity contribution in [2.24, 2.45) is 5.92 Å². The van der Waals surface area contributed by atoms with Crippen molar-refractivity contribution in [1.82, 2.24) is 5.32 Å². The summed E-state index contributed by atoms with van der Waals surface area (Å²) in [6.45, 7) is 5.77. The van der Waals surface area contributed by atoms with E-state index in [1.54, 1.807) is 0 Å². The van der Waals surface area contributed by atoms with Gasteiger partial charge >= 0.3 is 0 Å². The Hall–Kier alpha value is -1.39. The number of nitrogens with one attached hydrogen (secondary N) is 1. The number of benzene rings is 1. The second-order valence-corrected chi connectivity index (χ2v) is 5.28. The molecule has 0 spiro atoms. The molecule has 1 amide bonds. The van der Waals surface area contributed by atoms with E-state index in [9.17, 15) is 4.79 Å². The molecule has 20 heavy (non-hydrogen) atoms. The van der Waals surface area contributed by atoms with Crippen LogP contribution in [-0.4, -0.2) is 38.9 Å². The van der Waals surface area contributed by atoms with E-state index in [2.05, 4.69) is 5.32 Å². The van der Waals surface area contributed by atoms with Crippen molar-refractivity contribution in [3.05, 3.63) is 35.4 Å². The van der Waals surface area contributed by atoms with Gasteiger partial charge in [0.05, 0.1) is 13.2 Å². The van der Waals surface area contributed by atoms with Crippen molar-refractivity contribution in [3.63, 3.8) is 0 Å². The van der Waals surface area contributed by atoms with Crippen LogP contribution >= 0.6 is 0 Å². The molecule has 1 N–H and O–H groups in total. The van der Waals surface area contributed by atoms with Crippen LogP contribution in [0, 0.1) is 12.8 Å². The topological polar surface area (TPSA) is 47.6 Å². The first kappa shape index (κ1) is 15.0. The fourth-order valence-electron chi connectivity index (χ4n) is 2.23. The molecule has 1 saturated heterocycles. The smallest absolute Gasteiger partial charge is 0.251 e. The van der Waals surface area contributed by atoms with Crippen LogP contribution in [0.4, 0.5) is 0 Å². The first-order chi connectivity index (χ1) is 9.75. The molecule has 0 unspecified atom stereocenters. The fourth-order valence-corrected chi connectivity index (χ4v) is 2.23. The molecule has 2 rings (SSSR count). The molecule has 1 heterocycles. The average Bonchev–Trinajstić information content (AvgIpc) is 2.95. The van der Waals surface area contributed by atoms with E-state index in [0.29, 0.717) is 24.6 Å². The maximum Gasteiger partial charge on any atom is 0.251 e. The molecule has 0 radical (unpaired) electrons. The van der Waals surface area contributed by atoms with Crippen molar-refractivity contribution in [3.8, 4) is 0 Å². The van der Waals surface area contributed by atoms with E-state index >= 15 is 0 Å². The van der Waals surface area contributed by atoms with E-state index in [4.69, 9.17) is 9.47 Å². The molecule has 110 valence electrons. The molecule has 0 saturated carbocycles. The number of hydrogen-bond donors (Lipinski definition) is 1. The van der Waals surface area contributed by atoms with Gasteiger partial charge in [0.1, 0.15) is 0 Å². The summed E-state index contributed by atoms with van der Waals surface area (Å²) in [4.78, 5) is 11.9. The van der Waals surface area contributed by atoms with Crippen LogP contribution < -0.4 is 5.32 Å². The Balaban J connectivity index is 1.55. The van der Waals surface area contributed by atoms with Gasteiger partial charge in [-0.25, -0.2) is 0 Å². The predicted molar refractivity (Wildman–Crippen MR) is 77.9 cm³/mol. The molecular formula is C16H23NO3. The number of aryl methyl sites for hydroxylation is 1. The Morgan fingerprint density at radius 2 is 2.40 bits per heavy atom. The van der Waals surface area contributed by atoms with Crippen molar-refractivity contribution in [1.29, 1.82) is 0 Å². The summed E-state index contributed by atoms with van der Waals surface area (Å²) >= 11 is 0. The van der Waals surface area contributed by atoms with Gasteiger partial charge in [-0.15, -0.1) is 0 Å². The highest BCUT2D eigenvalue weighted by molar-refractivity contribution is 5.94. The third-order valence-corrected chi connectivity index (χ3v) is 3.41. The molecule has 1 aromatic rings. The Bertz CT molecular complexity index is 427. The summed E-state index contributed by atoms with van der Waals surface area (Å²) in [6.07, 6.45) is 1.94. The minimum Gasteiger partial charge on any atom is -0.381 e. The highest BCUT2D eigenvalue weighted by Gasteiger charge is 2.15. The van der Waals surface area contributed by atoms with Gasteiger partial charge in [0, 0.05) is 31.2 Å². The van der Waals surface area contributed by atoms with Crippen molar-refractivity contribution >= 4 is 5.91 Å². The van der Waals surface area contributed by atoms with Gasteiger partial charge in [0.15, 0.2) is 0 Å². The average molecular weight is 277 g/mol. The second-order valence-electron chi connectivity index (χ2n) is 5.28. The number of hydrogen-bond acceptors (Lipinski definition) is 3. The standard InChI is InChI=1S/C16H23NO3/c1-13-4-2-5-15(10-13)16(18)17-7-3-8-19-11-14-6-9-20-12-14/h2,4-5,10,14H,3,6-9,11-12H2,1H3,(H,17,18)/t14-/m0/s1. The molecule has 0 aromatic heterocycles. The second kappa shape index (κ2) is 8.02. The Labute approximate surface area is 120 Å². The van der Waals surface area contributed by atoms with Crippen molar-refractivity contribution in [2.75, 3.05) is 33.0 Å². The van der Waals surface area contributed by atoms with Crippen molar-refractivity contribution < 1.29 is 14.3 Å². The molecule has 1 aliphatic rings.